The van der Waals surface area contributed by atoms with E-state index in [1.807, 2.05) is 0 Å². The molecule has 28 heavy (non-hydrogen) atoms. The number of nitrogens with zero attached hydrogens (tertiary/aromatic N) is 2. The van der Waals surface area contributed by atoms with E-state index in [1.54, 1.807) is 30.3 Å². The number of ketones is 1. The number of carbonyl (C=O) groups excluding carboxylic acids is 3. The Labute approximate surface area is 156 Å². The maximum Gasteiger partial charge on any atom is 0.416 e. The predicted octanol–water partition coefficient (Wildman–Crippen LogP) is 2.15. The van der Waals surface area contributed by atoms with Gasteiger partial charge in [0.05, 0.1) is 11.3 Å². The summed E-state index contributed by atoms with van der Waals surface area (Å²) < 4.78 is 38.3. The van der Waals surface area contributed by atoms with Crippen molar-refractivity contribution in [1.29, 1.82) is 0 Å². The normalized spacial score (nSPS) is 16.7. The van der Waals surface area contributed by atoms with Gasteiger partial charge < -0.3 is 11.1 Å². The summed E-state index contributed by atoms with van der Waals surface area (Å²) in [5, 5.41) is 6.76. The molecule has 144 valence electrons. The smallest absolute Gasteiger partial charge is 0.385 e. The van der Waals surface area contributed by atoms with Crippen LogP contribution in [0, 0.1) is 5.92 Å². The zero-order valence-corrected chi connectivity index (χ0v) is 14.1. The minimum absolute atomic E-state index is 0.242. The van der Waals surface area contributed by atoms with E-state index in [-0.39, 0.29) is 11.5 Å². The minimum atomic E-state index is -4.61. The standard InChI is InChI=1S/C18H13F3N4O3/c19-18(20,21)10-5-4-6-11(9-10)23-16(27)14(26)13-15(22)24-25(17(13)28)12-7-2-1-3-8-12/h1-9,13H,(H2,22,24)(H,23,27). The molecular weight excluding hydrogens is 377 g/mol. The molecule has 0 radical (unpaired) electrons. The van der Waals surface area contributed by atoms with Crippen LogP contribution in [0.5, 0.6) is 0 Å². The van der Waals surface area contributed by atoms with Crippen molar-refractivity contribution >= 4 is 34.8 Å². The molecule has 0 spiro atoms. The number of amides is 2. The van der Waals surface area contributed by atoms with Gasteiger partial charge in [0, 0.05) is 5.69 Å². The van der Waals surface area contributed by atoms with Gasteiger partial charge in [0.1, 0.15) is 5.84 Å². The number of Topliss-reactive ketones (excluding diaryl/α,β-unsaturated/α-hetero) is 1. The number of hydrogen-bond acceptors (Lipinski definition) is 5. The third-order valence-corrected chi connectivity index (χ3v) is 3.90. The van der Waals surface area contributed by atoms with Crippen LogP contribution < -0.4 is 16.1 Å². The topological polar surface area (TPSA) is 105 Å². The van der Waals surface area contributed by atoms with Crippen molar-refractivity contribution in [2.45, 2.75) is 6.18 Å². The van der Waals surface area contributed by atoms with Crippen LogP contribution in [0.2, 0.25) is 0 Å². The lowest BCUT2D eigenvalue weighted by atomic mass is 10.0. The first-order chi connectivity index (χ1) is 13.2. The second-order valence-electron chi connectivity index (χ2n) is 5.84. The molecule has 0 aromatic heterocycles. The number of amidine groups is 1. The van der Waals surface area contributed by atoms with Crippen molar-refractivity contribution in [3.8, 4) is 0 Å². The van der Waals surface area contributed by atoms with Crippen LogP contribution in [-0.2, 0) is 20.6 Å². The van der Waals surface area contributed by atoms with E-state index in [9.17, 15) is 27.6 Å². The van der Waals surface area contributed by atoms with E-state index in [4.69, 9.17) is 5.73 Å². The molecule has 0 saturated heterocycles. The van der Waals surface area contributed by atoms with E-state index < -0.39 is 35.3 Å². The summed E-state index contributed by atoms with van der Waals surface area (Å²) in [6, 6.07) is 11.9. The molecule has 1 heterocycles. The number of halogens is 3. The van der Waals surface area contributed by atoms with Crippen LogP contribution in [0.4, 0.5) is 24.5 Å². The summed E-state index contributed by atoms with van der Waals surface area (Å²) in [7, 11) is 0. The third kappa shape index (κ3) is 3.70. The van der Waals surface area contributed by atoms with Crippen molar-refractivity contribution in [3.05, 3.63) is 60.2 Å². The number of hydrazone groups is 1. The fourth-order valence-electron chi connectivity index (χ4n) is 2.57. The number of anilines is 2. The summed E-state index contributed by atoms with van der Waals surface area (Å²) in [5.41, 5.74) is 4.76. The molecule has 1 aliphatic heterocycles. The largest absolute Gasteiger partial charge is 0.416 e. The number of para-hydroxylation sites is 1. The fraction of sp³-hybridized carbons (Fsp3) is 0.111. The molecule has 1 aliphatic rings. The Kier molecular flexibility index (Phi) is 4.87. The van der Waals surface area contributed by atoms with Crippen LogP contribution in [0.1, 0.15) is 5.56 Å². The quantitative estimate of drug-likeness (QED) is 0.616. The molecule has 2 aromatic carbocycles. The number of hydrogen-bond donors (Lipinski definition) is 2. The minimum Gasteiger partial charge on any atom is -0.385 e. The van der Waals surface area contributed by atoms with Crippen molar-refractivity contribution in [3.63, 3.8) is 0 Å². The summed E-state index contributed by atoms with van der Waals surface area (Å²) in [5.74, 6) is -5.34. The van der Waals surface area contributed by atoms with Gasteiger partial charge in [-0.2, -0.15) is 23.3 Å². The maximum atomic E-state index is 12.8. The monoisotopic (exact) mass is 390 g/mol. The van der Waals surface area contributed by atoms with Crippen molar-refractivity contribution in [2.24, 2.45) is 16.8 Å². The molecule has 2 aromatic rings. The van der Waals surface area contributed by atoms with E-state index in [1.165, 1.54) is 6.07 Å². The number of benzene rings is 2. The van der Waals surface area contributed by atoms with E-state index in [2.05, 4.69) is 10.4 Å². The highest BCUT2D eigenvalue weighted by molar-refractivity contribution is 6.50. The van der Waals surface area contributed by atoms with Crippen LogP contribution in [0.3, 0.4) is 0 Å². The Morgan fingerprint density at radius 3 is 2.39 bits per heavy atom. The van der Waals surface area contributed by atoms with Gasteiger partial charge >= 0.3 is 6.18 Å². The summed E-state index contributed by atoms with van der Waals surface area (Å²) in [4.78, 5) is 37.0. The highest BCUT2D eigenvalue weighted by atomic mass is 19.4. The van der Waals surface area contributed by atoms with Crippen molar-refractivity contribution in [1.82, 2.24) is 0 Å². The lowest BCUT2D eigenvalue weighted by Crippen LogP contribution is -2.41. The van der Waals surface area contributed by atoms with Crippen molar-refractivity contribution < 1.29 is 27.6 Å². The molecule has 2 amide bonds. The highest BCUT2D eigenvalue weighted by Gasteiger charge is 2.43. The Hall–Kier alpha value is -3.69. The lowest BCUT2D eigenvalue weighted by molar-refractivity contribution is -0.138. The van der Waals surface area contributed by atoms with Crippen LogP contribution in [0.25, 0.3) is 0 Å². The van der Waals surface area contributed by atoms with Crippen LogP contribution in [-0.4, -0.2) is 23.4 Å². The second kappa shape index (κ2) is 7.14. The highest BCUT2D eigenvalue weighted by Crippen LogP contribution is 2.30. The molecular formula is C18H13F3N4O3. The molecule has 1 unspecified atom stereocenters. The SMILES string of the molecule is NC1=NN(c2ccccc2)C(=O)C1C(=O)C(=O)Nc1cccc(C(F)(F)F)c1. The molecule has 1 atom stereocenters. The number of nitrogens with two attached hydrogens (primary N) is 1. The number of alkyl halides is 3. The molecule has 3 N–H and O–H groups in total. The Morgan fingerprint density at radius 2 is 1.75 bits per heavy atom. The average molecular weight is 390 g/mol. The Balaban J connectivity index is 1.76. The van der Waals surface area contributed by atoms with Crippen LogP contribution in [0.15, 0.2) is 59.7 Å². The first-order valence-electron chi connectivity index (χ1n) is 7.94. The summed E-state index contributed by atoms with van der Waals surface area (Å²) in [6.45, 7) is 0. The average Bonchev–Trinajstić information content (AvgIpc) is 2.95. The van der Waals surface area contributed by atoms with Gasteiger partial charge in [-0.1, -0.05) is 24.3 Å². The van der Waals surface area contributed by atoms with E-state index in [0.717, 1.165) is 17.1 Å². The van der Waals surface area contributed by atoms with Gasteiger partial charge in [0.15, 0.2) is 5.92 Å². The van der Waals surface area contributed by atoms with Crippen molar-refractivity contribution in [2.75, 3.05) is 10.3 Å². The van der Waals surface area contributed by atoms with Gasteiger partial charge in [-0.3, -0.25) is 14.4 Å². The molecule has 0 fully saturated rings. The zero-order chi connectivity index (χ0) is 20.5. The predicted molar refractivity (Wildman–Crippen MR) is 94.1 cm³/mol. The zero-order valence-electron chi connectivity index (χ0n) is 14.1. The van der Waals surface area contributed by atoms with Gasteiger partial charge in [-0.05, 0) is 30.3 Å². The molecule has 0 saturated carbocycles. The molecule has 0 aliphatic carbocycles. The first-order valence-corrected chi connectivity index (χ1v) is 7.94. The third-order valence-electron chi connectivity index (χ3n) is 3.90. The van der Waals surface area contributed by atoms with Gasteiger partial charge in [-0.15, -0.1) is 0 Å². The molecule has 3 rings (SSSR count). The van der Waals surface area contributed by atoms with Gasteiger partial charge in [0.2, 0.25) is 5.78 Å². The fourth-order valence-corrected chi connectivity index (χ4v) is 2.57. The van der Waals surface area contributed by atoms with Crippen LogP contribution >= 0.6 is 0 Å². The van der Waals surface area contributed by atoms with E-state index in [0.29, 0.717) is 11.8 Å². The van der Waals surface area contributed by atoms with E-state index >= 15 is 0 Å². The second-order valence-corrected chi connectivity index (χ2v) is 5.84. The summed E-state index contributed by atoms with van der Waals surface area (Å²) in [6.07, 6.45) is -4.61. The van der Waals surface area contributed by atoms with Gasteiger partial charge in [-0.25, -0.2) is 0 Å². The maximum absolute atomic E-state index is 12.8. The molecule has 0 bridgehead atoms. The number of rotatable bonds is 4. The van der Waals surface area contributed by atoms with Gasteiger partial charge in [0.25, 0.3) is 11.8 Å². The molecule has 10 heteroatoms. The number of nitrogens with one attached hydrogen (secondary N) is 1. The first kappa shape index (κ1) is 19.1. The lowest BCUT2D eigenvalue weighted by Gasteiger charge is -2.13. The summed E-state index contributed by atoms with van der Waals surface area (Å²) >= 11 is 0. The Morgan fingerprint density at radius 1 is 1.07 bits per heavy atom. The molecule has 7 nitrogen and oxygen atoms in total. The number of carbonyl (C=O) groups is 3. The Bertz CT molecular complexity index is 974.